The fourth-order valence-corrected chi connectivity index (χ4v) is 4.59. The second-order valence-electron chi connectivity index (χ2n) is 4.70. The van der Waals surface area contributed by atoms with Crippen LogP contribution in [0.3, 0.4) is 0 Å². The molecule has 0 saturated carbocycles. The zero-order chi connectivity index (χ0) is 20.2. The van der Waals surface area contributed by atoms with Crippen LogP contribution >= 0.6 is 23.5 Å². The Hall–Kier alpha value is -0.820. The summed E-state index contributed by atoms with van der Waals surface area (Å²) in [7, 11) is -16.5. The van der Waals surface area contributed by atoms with Gasteiger partial charge in [-0.1, -0.05) is 0 Å². The molecule has 150 valence electrons. The Bertz CT molecular complexity index is 719. The molecule has 4 unspecified atom stereocenters. The lowest BCUT2D eigenvalue weighted by molar-refractivity contribution is -0.124. The Labute approximate surface area is 146 Å². The molecule has 0 spiro atoms. The topological polar surface area (TPSA) is 248 Å². The molecule has 26 heavy (non-hydrogen) atoms. The molecule has 0 aromatic rings. The van der Waals surface area contributed by atoms with Gasteiger partial charge < -0.3 is 30.0 Å². The van der Waals surface area contributed by atoms with Gasteiger partial charge >= 0.3 is 23.5 Å². The number of phosphoric acid groups is 3. The van der Waals surface area contributed by atoms with Crippen molar-refractivity contribution in [1.29, 1.82) is 5.41 Å². The van der Waals surface area contributed by atoms with Crippen molar-refractivity contribution in [2.45, 2.75) is 25.2 Å². The highest BCUT2D eigenvalue weighted by Crippen LogP contribution is 2.66. The van der Waals surface area contributed by atoms with Crippen LogP contribution in [0.25, 0.3) is 0 Å². The van der Waals surface area contributed by atoms with Gasteiger partial charge in [0.1, 0.15) is 6.10 Å². The number of rotatable bonds is 10. The number of ether oxygens (including phenoxy) is 1. The lowest BCUT2D eigenvalue weighted by Gasteiger charge is -2.17. The van der Waals surface area contributed by atoms with Crippen LogP contribution in [0.2, 0.25) is 0 Å². The Balaban J connectivity index is 2.57. The number of Topliss-reactive ketones (excluding diaryl/α,β-unsaturated/α-hetero) is 1. The van der Waals surface area contributed by atoms with Gasteiger partial charge in [0.05, 0.1) is 18.9 Å². The third kappa shape index (κ3) is 9.21. The molecule has 4 atom stereocenters. The molecule has 0 aromatic carbocycles. The van der Waals surface area contributed by atoms with Crippen molar-refractivity contribution in [1.82, 2.24) is 0 Å². The van der Waals surface area contributed by atoms with Gasteiger partial charge in [-0.05, 0) is 0 Å². The molecule has 1 fully saturated rings. The van der Waals surface area contributed by atoms with E-state index in [-0.39, 0.29) is 18.7 Å². The minimum Gasteiger partial charge on any atom is -0.387 e. The maximum atomic E-state index is 11.7. The average molecular weight is 439 g/mol. The van der Waals surface area contributed by atoms with Crippen LogP contribution in [-0.2, 0) is 36.4 Å². The minimum absolute atomic E-state index is 0.0280. The van der Waals surface area contributed by atoms with Crippen molar-refractivity contribution in [2.75, 3.05) is 6.61 Å². The summed E-state index contributed by atoms with van der Waals surface area (Å²) >= 11 is 0. The first-order chi connectivity index (χ1) is 11.7. The van der Waals surface area contributed by atoms with Gasteiger partial charge in [0.15, 0.2) is 12.0 Å². The third-order valence-electron chi connectivity index (χ3n) is 2.44. The summed E-state index contributed by atoms with van der Waals surface area (Å²) in [5, 5.41) is 6.99. The lowest BCUT2D eigenvalue weighted by Crippen LogP contribution is -2.22. The van der Waals surface area contributed by atoms with E-state index in [0.29, 0.717) is 0 Å². The number of aliphatic imine (C=N–C) groups is 1. The zero-order valence-corrected chi connectivity index (χ0v) is 15.5. The second-order valence-corrected chi connectivity index (χ2v) is 9.12. The van der Waals surface area contributed by atoms with Gasteiger partial charge in [-0.15, -0.1) is 0 Å². The number of amidine groups is 1. The van der Waals surface area contributed by atoms with E-state index in [0.717, 1.165) is 0 Å². The van der Waals surface area contributed by atoms with Crippen molar-refractivity contribution in [3.05, 3.63) is 0 Å². The molecule has 1 aliphatic rings. The smallest absolute Gasteiger partial charge is 0.387 e. The summed E-state index contributed by atoms with van der Waals surface area (Å²) in [6, 6.07) is 0. The number of nitrogens with zero attached hydrogens (tertiary/aromatic N) is 1. The molecule has 1 heterocycles. The first kappa shape index (κ1) is 23.2. The van der Waals surface area contributed by atoms with Crippen molar-refractivity contribution >= 4 is 41.3 Å². The molecule has 1 saturated heterocycles. The quantitative estimate of drug-likeness (QED) is 0.142. The van der Waals surface area contributed by atoms with Crippen molar-refractivity contribution in [3.8, 4) is 0 Å². The molecule has 0 aromatic heterocycles. The molecule has 0 bridgehead atoms. The van der Waals surface area contributed by atoms with Crippen LogP contribution in [0, 0.1) is 5.41 Å². The Morgan fingerprint density at radius 2 is 1.88 bits per heavy atom. The number of nitrogens with two attached hydrogens (primary N) is 1. The predicted octanol–water partition coefficient (Wildman–Crippen LogP) is -0.589. The molecule has 0 aliphatic carbocycles. The van der Waals surface area contributed by atoms with E-state index in [1.54, 1.807) is 0 Å². The summed E-state index contributed by atoms with van der Waals surface area (Å²) in [4.78, 5) is 50.5. The normalized spacial score (nSPS) is 25.9. The molecule has 0 radical (unpaired) electrons. The first-order valence-corrected chi connectivity index (χ1v) is 11.0. The molecular weight excluding hydrogens is 423 g/mol. The van der Waals surface area contributed by atoms with E-state index in [2.05, 4.69) is 18.1 Å². The Morgan fingerprint density at radius 1 is 1.27 bits per heavy atom. The number of nitrogens with one attached hydrogen (secondary N) is 1. The summed E-state index contributed by atoms with van der Waals surface area (Å²) in [6.45, 7) is -0.874. The van der Waals surface area contributed by atoms with Gasteiger partial charge in [0.2, 0.25) is 0 Å². The van der Waals surface area contributed by atoms with Gasteiger partial charge in [0, 0.05) is 12.6 Å². The molecule has 1 aliphatic heterocycles. The average Bonchev–Trinajstić information content (AvgIpc) is 2.72. The monoisotopic (exact) mass is 439 g/mol. The number of hydrogen-bond donors (Lipinski definition) is 6. The number of carbonyl (C=O) groups is 1. The number of hydrogen-bond acceptors (Lipinski definition) is 10. The van der Waals surface area contributed by atoms with E-state index in [1.165, 1.54) is 6.21 Å². The highest BCUT2D eigenvalue weighted by molar-refractivity contribution is 7.66. The van der Waals surface area contributed by atoms with Crippen LogP contribution in [0.5, 0.6) is 0 Å². The van der Waals surface area contributed by atoms with Crippen LogP contribution in [0.1, 0.15) is 12.8 Å². The second kappa shape index (κ2) is 8.91. The van der Waals surface area contributed by atoms with Crippen LogP contribution in [0.4, 0.5) is 0 Å². The third-order valence-corrected chi connectivity index (χ3v) is 6.25. The van der Waals surface area contributed by atoms with Crippen molar-refractivity contribution < 1.29 is 55.9 Å². The standard InChI is InChI=1S/C8H16N3O12P3/c9-7(10)1-2-11-8-3-5(12)6(21-8)4-20-25(16,17)23-26(18,19)22-24(13,14)15/h2,6,8H,1,3-4H2,(H3,9,10)(H,16,17)(H,18,19)(H2,13,14,15). The Kier molecular flexibility index (Phi) is 7.96. The van der Waals surface area contributed by atoms with E-state index < -0.39 is 48.2 Å². The van der Waals surface area contributed by atoms with E-state index in [1.807, 2.05) is 0 Å². The highest BCUT2D eigenvalue weighted by Gasteiger charge is 2.42. The highest BCUT2D eigenvalue weighted by atomic mass is 31.3. The predicted molar refractivity (Wildman–Crippen MR) is 83.1 cm³/mol. The summed E-state index contributed by atoms with van der Waals surface area (Å²) < 4.78 is 49.6. The molecule has 18 heteroatoms. The van der Waals surface area contributed by atoms with E-state index >= 15 is 0 Å². The molecule has 15 nitrogen and oxygen atoms in total. The zero-order valence-electron chi connectivity index (χ0n) is 12.8. The largest absolute Gasteiger partial charge is 0.490 e. The van der Waals surface area contributed by atoms with Gasteiger partial charge in [-0.3, -0.25) is 19.7 Å². The SMILES string of the molecule is N=C(N)CC=NC1CC(=O)C(COP(=O)(O)OP(=O)(O)OP(=O)(O)O)O1. The minimum atomic E-state index is -5.63. The fraction of sp³-hybridized carbons (Fsp3) is 0.625. The Morgan fingerprint density at radius 3 is 2.42 bits per heavy atom. The van der Waals surface area contributed by atoms with Crippen LogP contribution in [-0.4, -0.2) is 56.3 Å². The number of phosphoric ester groups is 1. The van der Waals surface area contributed by atoms with Gasteiger partial charge in [-0.2, -0.15) is 8.62 Å². The fourth-order valence-electron chi connectivity index (χ4n) is 1.57. The first-order valence-electron chi connectivity index (χ1n) is 6.50. The van der Waals surface area contributed by atoms with Gasteiger partial charge in [0.25, 0.3) is 0 Å². The maximum Gasteiger partial charge on any atom is 0.490 e. The van der Waals surface area contributed by atoms with E-state index in [9.17, 15) is 23.4 Å². The maximum absolute atomic E-state index is 11.7. The molecular formula is C8H16N3O12P3. The molecule has 0 amide bonds. The number of carbonyl (C=O) groups excluding carboxylic acids is 1. The van der Waals surface area contributed by atoms with Gasteiger partial charge in [-0.25, -0.2) is 13.7 Å². The summed E-state index contributed by atoms with van der Waals surface area (Å²) in [5.41, 5.74) is 5.11. The number of ketones is 1. The lowest BCUT2D eigenvalue weighted by atomic mass is 10.2. The van der Waals surface area contributed by atoms with Crippen molar-refractivity contribution in [3.63, 3.8) is 0 Å². The molecule has 7 N–H and O–H groups in total. The van der Waals surface area contributed by atoms with Crippen LogP contribution in [0.15, 0.2) is 4.99 Å². The molecule has 1 rings (SSSR count). The summed E-state index contributed by atoms with van der Waals surface area (Å²) in [5.74, 6) is -0.726. The summed E-state index contributed by atoms with van der Waals surface area (Å²) in [6.07, 6.45) is -1.21. The van der Waals surface area contributed by atoms with Crippen molar-refractivity contribution in [2.24, 2.45) is 10.7 Å². The van der Waals surface area contributed by atoms with Crippen LogP contribution < -0.4 is 5.73 Å². The van der Waals surface area contributed by atoms with E-state index in [4.69, 9.17) is 30.6 Å².